The Kier molecular flexibility index (Phi) is 3.47. The van der Waals surface area contributed by atoms with Gasteiger partial charge in [-0.2, -0.15) is 13.8 Å². The molecule has 1 aliphatic heterocycles. The Morgan fingerprint density at radius 2 is 2.30 bits per heavy atom. The van der Waals surface area contributed by atoms with Gasteiger partial charge in [0.25, 0.3) is 0 Å². The molecule has 4 N–H and O–H groups in total. The first-order valence-corrected chi connectivity index (χ1v) is 5.49. The molecular formula is C11H11F2N3O4. The predicted octanol–water partition coefficient (Wildman–Crippen LogP) is -1.29. The monoisotopic (exact) mass is 287 g/mol. The number of halogens is 2. The van der Waals surface area contributed by atoms with E-state index < -0.39 is 36.2 Å². The highest BCUT2D eigenvalue weighted by atomic mass is 19.3. The number of nitrogens with two attached hydrogens (primary N) is 1. The number of terminal acetylenes is 1. The second-order valence-electron chi connectivity index (χ2n) is 4.23. The van der Waals surface area contributed by atoms with Crippen LogP contribution in [0.4, 0.5) is 14.6 Å². The van der Waals surface area contributed by atoms with E-state index in [1.165, 1.54) is 0 Å². The number of anilines is 1. The second kappa shape index (κ2) is 4.82. The molecule has 1 aromatic rings. The minimum Gasteiger partial charge on any atom is -0.384 e. The largest absolute Gasteiger partial charge is 0.384 e. The number of hydrogen-bond acceptors (Lipinski definition) is 6. The van der Waals surface area contributed by atoms with E-state index in [0.29, 0.717) is 4.57 Å². The van der Waals surface area contributed by atoms with Crippen molar-refractivity contribution in [1.29, 1.82) is 0 Å². The lowest BCUT2D eigenvalue weighted by Gasteiger charge is -2.20. The van der Waals surface area contributed by atoms with Crippen molar-refractivity contribution in [2.45, 2.75) is 30.5 Å². The maximum Gasteiger partial charge on any atom is 0.351 e. The fraction of sp³-hybridized carbons (Fsp3) is 0.455. The van der Waals surface area contributed by atoms with Gasteiger partial charge < -0.3 is 20.7 Å². The highest BCUT2D eigenvalue weighted by Crippen LogP contribution is 2.43. The van der Waals surface area contributed by atoms with Crippen molar-refractivity contribution < 1.29 is 23.7 Å². The summed E-state index contributed by atoms with van der Waals surface area (Å²) in [7, 11) is 0. The molecule has 0 unspecified atom stereocenters. The first kappa shape index (κ1) is 14.4. The minimum absolute atomic E-state index is 0.145. The van der Waals surface area contributed by atoms with Crippen molar-refractivity contribution in [3.63, 3.8) is 0 Å². The predicted molar refractivity (Wildman–Crippen MR) is 62.6 cm³/mol. The van der Waals surface area contributed by atoms with E-state index in [1.807, 2.05) is 0 Å². The molecule has 7 nitrogen and oxygen atoms in total. The van der Waals surface area contributed by atoms with E-state index >= 15 is 0 Å². The third-order valence-electron chi connectivity index (χ3n) is 2.91. The molecule has 0 aliphatic carbocycles. The van der Waals surface area contributed by atoms with Crippen LogP contribution in [0.15, 0.2) is 17.1 Å². The van der Waals surface area contributed by atoms with Crippen LogP contribution in [0.3, 0.4) is 0 Å². The number of aliphatic hydroxyl groups excluding tert-OH is 2. The van der Waals surface area contributed by atoms with Crippen LogP contribution in [-0.2, 0) is 4.74 Å². The van der Waals surface area contributed by atoms with Gasteiger partial charge in [-0.3, -0.25) is 4.57 Å². The van der Waals surface area contributed by atoms with Gasteiger partial charge in [0.15, 0.2) is 6.10 Å². The van der Waals surface area contributed by atoms with Crippen LogP contribution in [0.1, 0.15) is 6.23 Å². The standard InChI is InChI=1S/C11H11F2N3O4/c1-2-5(17)7-8(18)11(12,13)9(20-7)16-4-3-6(14)15-10(16)19/h1,3-5,7-9,17-18H,(H2,14,15,19)/t5-,7-,8-,9-/m1/s1. The van der Waals surface area contributed by atoms with Crippen molar-refractivity contribution in [3.8, 4) is 12.3 Å². The summed E-state index contributed by atoms with van der Waals surface area (Å²) in [6, 6.07) is 1.12. The summed E-state index contributed by atoms with van der Waals surface area (Å²) in [6.07, 6.45) is -2.09. The lowest BCUT2D eigenvalue weighted by atomic mass is 10.1. The highest BCUT2D eigenvalue weighted by molar-refractivity contribution is 5.23. The number of nitrogen functional groups attached to an aromatic ring is 1. The van der Waals surface area contributed by atoms with Crippen LogP contribution in [0, 0.1) is 12.3 Å². The fourth-order valence-corrected chi connectivity index (χ4v) is 1.88. The summed E-state index contributed by atoms with van der Waals surface area (Å²) in [6.45, 7) is 0. The molecule has 1 aliphatic rings. The van der Waals surface area contributed by atoms with Crippen LogP contribution >= 0.6 is 0 Å². The van der Waals surface area contributed by atoms with Gasteiger partial charge in [0, 0.05) is 6.20 Å². The first-order chi connectivity index (χ1) is 9.28. The molecule has 0 radical (unpaired) electrons. The minimum atomic E-state index is -3.83. The lowest BCUT2D eigenvalue weighted by Crippen LogP contribution is -2.43. The number of ether oxygens (including phenoxy) is 1. The van der Waals surface area contributed by atoms with Gasteiger partial charge in [-0.05, 0) is 6.07 Å². The van der Waals surface area contributed by atoms with Gasteiger partial charge in [0.05, 0.1) is 0 Å². The molecular weight excluding hydrogens is 276 g/mol. The number of aliphatic hydroxyl groups is 2. The Morgan fingerprint density at radius 3 is 2.85 bits per heavy atom. The Labute approximate surface area is 111 Å². The van der Waals surface area contributed by atoms with Crippen LogP contribution < -0.4 is 11.4 Å². The normalized spacial score (nSPS) is 29.9. The average Bonchev–Trinajstić information content (AvgIpc) is 2.61. The zero-order chi connectivity index (χ0) is 15.1. The zero-order valence-electron chi connectivity index (χ0n) is 9.98. The van der Waals surface area contributed by atoms with E-state index in [0.717, 1.165) is 12.3 Å². The smallest absolute Gasteiger partial charge is 0.351 e. The quantitative estimate of drug-likeness (QED) is 0.584. The summed E-state index contributed by atoms with van der Waals surface area (Å²) in [4.78, 5) is 14.8. The average molecular weight is 287 g/mol. The Hall–Kier alpha value is -2.02. The summed E-state index contributed by atoms with van der Waals surface area (Å²) in [5.74, 6) is -2.19. The van der Waals surface area contributed by atoms with Crippen molar-refractivity contribution >= 4 is 5.82 Å². The summed E-state index contributed by atoms with van der Waals surface area (Å²) >= 11 is 0. The molecule has 1 fully saturated rings. The van der Waals surface area contributed by atoms with E-state index in [4.69, 9.17) is 16.9 Å². The van der Waals surface area contributed by atoms with Gasteiger partial charge in [0.1, 0.15) is 18.0 Å². The van der Waals surface area contributed by atoms with Crippen molar-refractivity contribution in [1.82, 2.24) is 9.55 Å². The Balaban J connectivity index is 2.42. The van der Waals surface area contributed by atoms with E-state index in [9.17, 15) is 23.8 Å². The van der Waals surface area contributed by atoms with Gasteiger partial charge in [0.2, 0.25) is 6.23 Å². The summed E-state index contributed by atoms with van der Waals surface area (Å²) in [5, 5.41) is 18.9. The van der Waals surface area contributed by atoms with Crippen LogP contribution in [0.5, 0.6) is 0 Å². The molecule has 20 heavy (non-hydrogen) atoms. The molecule has 1 aromatic heterocycles. The maximum absolute atomic E-state index is 13.9. The third kappa shape index (κ3) is 2.14. The lowest BCUT2D eigenvalue weighted by molar-refractivity contribution is -0.141. The molecule has 0 bridgehead atoms. The molecule has 1 saturated heterocycles. The Morgan fingerprint density at radius 1 is 1.65 bits per heavy atom. The highest BCUT2D eigenvalue weighted by Gasteiger charge is 2.61. The molecule has 0 aromatic carbocycles. The summed E-state index contributed by atoms with van der Waals surface area (Å²) in [5.41, 5.74) is 4.18. The Bertz CT molecular complexity index is 612. The maximum atomic E-state index is 13.9. The number of hydrogen-bond donors (Lipinski definition) is 3. The number of rotatable bonds is 2. The SMILES string of the molecule is C#C[C@@H](O)[C@H]1O[C@@H](n2ccc(N)nc2=O)C(F)(F)[C@@H]1O. The second-order valence-corrected chi connectivity index (χ2v) is 4.23. The molecule has 0 saturated carbocycles. The van der Waals surface area contributed by atoms with E-state index in [1.54, 1.807) is 5.92 Å². The van der Waals surface area contributed by atoms with Crippen molar-refractivity contribution in [3.05, 3.63) is 22.7 Å². The van der Waals surface area contributed by atoms with E-state index in [2.05, 4.69) is 4.98 Å². The van der Waals surface area contributed by atoms with Gasteiger partial charge >= 0.3 is 11.6 Å². The number of alkyl halides is 2. The topological polar surface area (TPSA) is 111 Å². The molecule has 108 valence electrons. The number of nitrogens with zero attached hydrogens (tertiary/aromatic N) is 2. The zero-order valence-corrected chi connectivity index (χ0v) is 9.98. The first-order valence-electron chi connectivity index (χ1n) is 5.49. The molecule has 9 heteroatoms. The van der Waals surface area contributed by atoms with Crippen LogP contribution in [0.2, 0.25) is 0 Å². The van der Waals surface area contributed by atoms with Crippen LogP contribution in [-0.4, -0.2) is 44.0 Å². The molecule has 0 amide bonds. The van der Waals surface area contributed by atoms with Gasteiger partial charge in [-0.1, -0.05) is 5.92 Å². The van der Waals surface area contributed by atoms with E-state index in [-0.39, 0.29) is 5.82 Å². The molecule has 4 atom stereocenters. The molecule has 2 rings (SSSR count). The molecule has 0 spiro atoms. The third-order valence-corrected chi connectivity index (χ3v) is 2.91. The van der Waals surface area contributed by atoms with Gasteiger partial charge in [-0.15, -0.1) is 6.42 Å². The van der Waals surface area contributed by atoms with Crippen molar-refractivity contribution in [2.75, 3.05) is 5.73 Å². The van der Waals surface area contributed by atoms with Crippen LogP contribution in [0.25, 0.3) is 0 Å². The van der Waals surface area contributed by atoms with Crippen molar-refractivity contribution in [2.24, 2.45) is 0 Å². The molecule has 2 heterocycles. The fourth-order valence-electron chi connectivity index (χ4n) is 1.88. The van der Waals surface area contributed by atoms with Gasteiger partial charge in [-0.25, -0.2) is 4.79 Å². The summed E-state index contributed by atoms with van der Waals surface area (Å²) < 4.78 is 33.2. The number of aromatic nitrogens is 2.